The summed E-state index contributed by atoms with van der Waals surface area (Å²) in [5, 5.41) is 4.18. The van der Waals surface area contributed by atoms with Crippen LogP contribution in [-0.2, 0) is 22.5 Å². The van der Waals surface area contributed by atoms with Gasteiger partial charge in [-0.15, -0.1) is 0 Å². The molecule has 0 saturated carbocycles. The summed E-state index contributed by atoms with van der Waals surface area (Å²) in [5.41, 5.74) is 0.782. The normalized spacial score (nSPS) is 13.6. The minimum atomic E-state index is -0.354. The van der Waals surface area contributed by atoms with Gasteiger partial charge in [0.2, 0.25) is 0 Å². The molecule has 1 atom stereocenters. The van der Waals surface area contributed by atoms with Crippen molar-refractivity contribution >= 4 is 5.78 Å². The average Bonchev–Trinajstić information content (AvgIpc) is 2.71. The van der Waals surface area contributed by atoms with Crippen molar-refractivity contribution in [1.82, 2.24) is 9.78 Å². The maximum absolute atomic E-state index is 12.3. The van der Waals surface area contributed by atoms with Crippen LogP contribution in [0.1, 0.15) is 40.2 Å². The molecule has 0 aliphatic carbocycles. The zero-order valence-electron chi connectivity index (χ0n) is 12.1. The van der Waals surface area contributed by atoms with Crippen molar-refractivity contribution < 1.29 is 9.53 Å². The zero-order valence-corrected chi connectivity index (χ0v) is 12.1. The quantitative estimate of drug-likeness (QED) is 0.781. The van der Waals surface area contributed by atoms with Gasteiger partial charge in [0, 0.05) is 25.8 Å². The van der Waals surface area contributed by atoms with Gasteiger partial charge in [-0.2, -0.15) is 5.10 Å². The second-order valence-corrected chi connectivity index (χ2v) is 5.55. The first-order valence-electron chi connectivity index (χ1n) is 6.54. The third kappa shape index (κ3) is 3.95. The lowest BCUT2D eigenvalue weighted by Gasteiger charge is -2.29. The Morgan fingerprint density at radius 3 is 2.56 bits per heavy atom. The Bertz CT molecular complexity index is 391. The number of hydrogen-bond acceptors (Lipinski definition) is 3. The van der Waals surface area contributed by atoms with E-state index in [2.05, 4.69) is 5.10 Å². The zero-order chi connectivity index (χ0) is 13.8. The second-order valence-electron chi connectivity index (χ2n) is 5.55. The lowest BCUT2D eigenvalue weighted by molar-refractivity contribution is -0.136. The van der Waals surface area contributed by atoms with E-state index in [1.54, 1.807) is 6.20 Å². The number of aryl methyl sites for hydroxylation is 1. The van der Waals surface area contributed by atoms with Gasteiger partial charge in [-0.1, -0.05) is 20.8 Å². The van der Waals surface area contributed by atoms with Gasteiger partial charge >= 0.3 is 0 Å². The first kappa shape index (κ1) is 14.9. The van der Waals surface area contributed by atoms with Crippen molar-refractivity contribution in [2.45, 2.75) is 53.7 Å². The molecule has 0 aliphatic rings. The molecule has 0 spiro atoms. The molecule has 1 rings (SSSR count). The van der Waals surface area contributed by atoms with E-state index in [1.165, 1.54) is 0 Å². The molecule has 0 N–H and O–H groups in total. The summed E-state index contributed by atoms with van der Waals surface area (Å²) in [6, 6.07) is 0. The van der Waals surface area contributed by atoms with Crippen LogP contribution >= 0.6 is 0 Å². The lowest BCUT2D eigenvalue weighted by atomic mass is 9.85. The SMILES string of the molecule is CCOC(C(=O)Cc1cnn(CC)c1)C(C)(C)C. The molecule has 0 fully saturated rings. The molecule has 1 aromatic heterocycles. The number of ketones is 1. The number of nitrogens with zero attached hydrogens (tertiary/aromatic N) is 2. The fraction of sp³-hybridized carbons (Fsp3) is 0.714. The Labute approximate surface area is 109 Å². The number of carbonyl (C=O) groups is 1. The summed E-state index contributed by atoms with van der Waals surface area (Å²) in [5.74, 6) is 0.125. The Morgan fingerprint density at radius 2 is 2.11 bits per heavy atom. The smallest absolute Gasteiger partial charge is 0.166 e. The fourth-order valence-electron chi connectivity index (χ4n) is 1.96. The molecular weight excluding hydrogens is 228 g/mol. The monoisotopic (exact) mass is 252 g/mol. The number of Topliss-reactive ketones (excluding diaryl/α,β-unsaturated/α-hetero) is 1. The van der Waals surface area contributed by atoms with E-state index < -0.39 is 0 Å². The highest BCUT2D eigenvalue weighted by Crippen LogP contribution is 2.24. The molecule has 1 aromatic rings. The summed E-state index contributed by atoms with van der Waals surface area (Å²) in [6.07, 6.45) is 3.71. The van der Waals surface area contributed by atoms with Gasteiger partial charge in [0.1, 0.15) is 6.10 Å². The number of ether oxygens (including phenoxy) is 1. The lowest BCUT2D eigenvalue weighted by Crippen LogP contribution is -2.38. The van der Waals surface area contributed by atoms with Gasteiger partial charge in [0.25, 0.3) is 0 Å². The van der Waals surface area contributed by atoms with Crippen LogP contribution in [0.5, 0.6) is 0 Å². The molecule has 0 radical (unpaired) electrons. The van der Waals surface area contributed by atoms with E-state index in [0.29, 0.717) is 13.0 Å². The van der Waals surface area contributed by atoms with E-state index in [0.717, 1.165) is 12.1 Å². The first-order chi connectivity index (χ1) is 8.38. The minimum Gasteiger partial charge on any atom is -0.370 e. The molecule has 0 amide bonds. The Balaban J connectivity index is 2.72. The van der Waals surface area contributed by atoms with Gasteiger partial charge in [-0.3, -0.25) is 9.48 Å². The van der Waals surface area contributed by atoms with Crippen molar-refractivity contribution in [1.29, 1.82) is 0 Å². The molecule has 102 valence electrons. The van der Waals surface area contributed by atoms with Crippen LogP contribution in [0.25, 0.3) is 0 Å². The van der Waals surface area contributed by atoms with Crippen molar-refractivity contribution in [2.75, 3.05) is 6.61 Å². The Morgan fingerprint density at radius 1 is 1.44 bits per heavy atom. The fourth-order valence-corrected chi connectivity index (χ4v) is 1.96. The number of rotatable bonds is 6. The highest BCUT2D eigenvalue weighted by molar-refractivity contribution is 5.85. The van der Waals surface area contributed by atoms with E-state index in [-0.39, 0.29) is 17.3 Å². The molecule has 4 heteroatoms. The Kier molecular flexibility index (Phi) is 5.08. The molecule has 0 saturated heterocycles. The van der Waals surface area contributed by atoms with Gasteiger partial charge in [-0.05, 0) is 24.8 Å². The van der Waals surface area contributed by atoms with E-state index in [4.69, 9.17) is 4.74 Å². The first-order valence-corrected chi connectivity index (χ1v) is 6.54. The van der Waals surface area contributed by atoms with Gasteiger partial charge in [0.05, 0.1) is 6.20 Å². The molecule has 18 heavy (non-hydrogen) atoms. The molecular formula is C14H24N2O2. The highest BCUT2D eigenvalue weighted by Gasteiger charge is 2.31. The Hall–Kier alpha value is -1.16. The van der Waals surface area contributed by atoms with Crippen LogP contribution in [0.15, 0.2) is 12.4 Å². The van der Waals surface area contributed by atoms with Crippen LogP contribution in [0.4, 0.5) is 0 Å². The van der Waals surface area contributed by atoms with Crippen LogP contribution < -0.4 is 0 Å². The predicted molar refractivity (Wildman–Crippen MR) is 71.5 cm³/mol. The van der Waals surface area contributed by atoms with E-state index in [9.17, 15) is 4.79 Å². The van der Waals surface area contributed by atoms with Crippen molar-refractivity contribution in [3.8, 4) is 0 Å². The third-order valence-electron chi connectivity index (χ3n) is 2.80. The molecule has 0 aromatic carbocycles. The molecule has 0 aliphatic heterocycles. The average molecular weight is 252 g/mol. The van der Waals surface area contributed by atoms with Crippen molar-refractivity contribution in [3.05, 3.63) is 18.0 Å². The van der Waals surface area contributed by atoms with Crippen molar-refractivity contribution in [2.24, 2.45) is 5.41 Å². The molecule has 4 nitrogen and oxygen atoms in total. The third-order valence-corrected chi connectivity index (χ3v) is 2.80. The summed E-state index contributed by atoms with van der Waals surface area (Å²) in [7, 11) is 0. The molecule has 1 unspecified atom stereocenters. The minimum absolute atomic E-state index is 0.125. The topological polar surface area (TPSA) is 44.1 Å². The van der Waals surface area contributed by atoms with Gasteiger partial charge in [-0.25, -0.2) is 0 Å². The van der Waals surface area contributed by atoms with Crippen LogP contribution in [0.2, 0.25) is 0 Å². The van der Waals surface area contributed by atoms with E-state index >= 15 is 0 Å². The highest BCUT2D eigenvalue weighted by atomic mass is 16.5. The number of hydrogen-bond donors (Lipinski definition) is 0. The summed E-state index contributed by atoms with van der Waals surface area (Å²) >= 11 is 0. The van der Waals surface area contributed by atoms with Crippen LogP contribution in [0.3, 0.4) is 0 Å². The summed E-state index contributed by atoms with van der Waals surface area (Å²) in [6.45, 7) is 11.4. The van der Waals surface area contributed by atoms with Gasteiger partial charge in [0.15, 0.2) is 5.78 Å². The number of carbonyl (C=O) groups excluding carboxylic acids is 1. The van der Waals surface area contributed by atoms with Crippen molar-refractivity contribution in [3.63, 3.8) is 0 Å². The summed E-state index contributed by atoms with van der Waals surface area (Å²) < 4.78 is 7.43. The maximum Gasteiger partial charge on any atom is 0.166 e. The standard InChI is InChI=1S/C14H24N2O2/c1-6-16-10-11(9-15-16)8-12(17)13(18-7-2)14(3,4)5/h9-10,13H,6-8H2,1-5H3. The molecule has 0 bridgehead atoms. The number of aromatic nitrogens is 2. The predicted octanol–water partition coefficient (Wildman–Crippen LogP) is 2.47. The van der Waals surface area contributed by atoms with Gasteiger partial charge < -0.3 is 4.74 Å². The second kappa shape index (κ2) is 6.14. The van der Waals surface area contributed by atoms with Crippen LogP contribution in [-0.4, -0.2) is 28.3 Å². The molecule has 1 heterocycles. The summed E-state index contributed by atoms with van der Waals surface area (Å²) in [4.78, 5) is 12.3. The van der Waals surface area contributed by atoms with E-state index in [1.807, 2.05) is 45.5 Å². The maximum atomic E-state index is 12.3. The van der Waals surface area contributed by atoms with Crippen LogP contribution in [0, 0.1) is 5.41 Å². The largest absolute Gasteiger partial charge is 0.370 e.